The third kappa shape index (κ3) is 3.11. The van der Waals surface area contributed by atoms with E-state index in [1.165, 1.54) is 18.1 Å². The monoisotopic (exact) mass is 389 g/mol. The van der Waals surface area contributed by atoms with Crippen LogP contribution in [0, 0.1) is 0 Å². The molecule has 3 heterocycles. The van der Waals surface area contributed by atoms with Gasteiger partial charge in [0.05, 0.1) is 17.3 Å². The number of urea groups is 1. The number of rotatable bonds is 4. The van der Waals surface area contributed by atoms with Gasteiger partial charge in [-0.3, -0.25) is 19.7 Å². The van der Waals surface area contributed by atoms with Crippen molar-refractivity contribution in [1.29, 1.82) is 0 Å². The minimum atomic E-state index is -0.857. The van der Waals surface area contributed by atoms with Crippen LogP contribution in [0.1, 0.15) is 32.1 Å². The van der Waals surface area contributed by atoms with Gasteiger partial charge in [0.1, 0.15) is 16.9 Å². The van der Waals surface area contributed by atoms with Gasteiger partial charge in [0.15, 0.2) is 5.65 Å². The molecule has 2 aliphatic rings. The van der Waals surface area contributed by atoms with Gasteiger partial charge >= 0.3 is 6.03 Å². The lowest BCUT2D eigenvalue weighted by molar-refractivity contribution is -0.139. The fourth-order valence-corrected chi connectivity index (χ4v) is 4.32. The van der Waals surface area contributed by atoms with Crippen molar-refractivity contribution in [1.82, 2.24) is 35.5 Å². The number of fused-ring (bicyclic) bond motifs is 1. The first kappa shape index (κ1) is 17.7. The van der Waals surface area contributed by atoms with Crippen molar-refractivity contribution in [3.8, 4) is 0 Å². The number of hydrogen-bond donors (Lipinski definition) is 2. The molecule has 1 saturated carbocycles. The Hall–Kier alpha value is -2.69. The average Bonchev–Trinajstić information content (AvgIpc) is 3.15. The highest BCUT2D eigenvalue weighted by Crippen LogP contribution is 2.33. The fourth-order valence-electron chi connectivity index (χ4n) is 3.56. The van der Waals surface area contributed by atoms with E-state index < -0.39 is 17.5 Å². The maximum atomic E-state index is 12.7. The molecule has 0 unspecified atom stereocenters. The second kappa shape index (κ2) is 6.80. The molecule has 4 amide bonds. The van der Waals surface area contributed by atoms with Crippen LogP contribution in [0.3, 0.4) is 0 Å². The Morgan fingerprint density at radius 1 is 1.30 bits per heavy atom. The van der Waals surface area contributed by atoms with E-state index in [9.17, 15) is 14.4 Å². The number of thioether (sulfide) groups is 1. The summed E-state index contributed by atoms with van der Waals surface area (Å²) in [6, 6.07) is -0.572. The number of aryl methyl sites for hydroxylation is 1. The summed E-state index contributed by atoms with van der Waals surface area (Å²) in [4.78, 5) is 45.5. The first-order valence-electron chi connectivity index (χ1n) is 8.72. The lowest BCUT2D eigenvalue weighted by Crippen LogP contribution is -2.51. The zero-order valence-electron chi connectivity index (χ0n) is 14.8. The summed E-state index contributed by atoms with van der Waals surface area (Å²) in [5.41, 5.74) is 2.23. The number of hydrazine groups is 1. The molecule has 2 fully saturated rings. The van der Waals surface area contributed by atoms with Crippen LogP contribution < -0.4 is 10.7 Å². The molecule has 11 heteroatoms. The highest BCUT2D eigenvalue weighted by molar-refractivity contribution is 8.00. The van der Waals surface area contributed by atoms with Crippen LogP contribution in [0.15, 0.2) is 17.6 Å². The second-order valence-electron chi connectivity index (χ2n) is 6.72. The quantitative estimate of drug-likeness (QED) is 0.449. The van der Waals surface area contributed by atoms with E-state index in [2.05, 4.69) is 25.8 Å². The Kier molecular flexibility index (Phi) is 4.46. The van der Waals surface area contributed by atoms with E-state index in [0.717, 1.165) is 29.7 Å². The lowest BCUT2D eigenvalue weighted by atomic mass is 9.82. The van der Waals surface area contributed by atoms with E-state index in [1.807, 2.05) is 0 Å². The zero-order chi connectivity index (χ0) is 19.0. The van der Waals surface area contributed by atoms with Gasteiger partial charge in [-0.1, -0.05) is 31.0 Å². The van der Waals surface area contributed by atoms with Crippen molar-refractivity contribution in [3.63, 3.8) is 0 Å². The minimum absolute atomic E-state index is 0.00503. The largest absolute Gasteiger partial charge is 0.344 e. The maximum Gasteiger partial charge on any atom is 0.344 e. The summed E-state index contributed by atoms with van der Waals surface area (Å²) < 4.78 is 1.62. The summed E-state index contributed by atoms with van der Waals surface area (Å²) in [6.45, 7) is 0. The SMILES string of the molecule is Cn1ncc2c(SCC(=O)NN3C(=O)NC4(CCCCC4)C3=O)ncnc21. The Labute approximate surface area is 159 Å². The first-order chi connectivity index (χ1) is 13.0. The molecule has 1 saturated heterocycles. The summed E-state index contributed by atoms with van der Waals surface area (Å²) in [7, 11) is 1.77. The Morgan fingerprint density at radius 3 is 2.85 bits per heavy atom. The molecule has 27 heavy (non-hydrogen) atoms. The summed E-state index contributed by atoms with van der Waals surface area (Å²) >= 11 is 1.20. The Bertz CT molecular complexity index is 922. The standard InChI is InChI=1S/C16H19N7O3S/c1-22-12-10(7-19-22)13(18-9-17-12)27-8-11(24)21-23-14(25)16(20-15(23)26)5-3-2-4-6-16/h7,9H,2-6,8H2,1H3,(H,20,26)(H,21,24). The van der Waals surface area contributed by atoms with Gasteiger partial charge in [-0.05, 0) is 12.8 Å². The van der Waals surface area contributed by atoms with Gasteiger partial charge in [0.2, 0.25) is 5.91 Å². The minimum Gasteiger partial charge on any atom is -0.322 e. The van der Waals surface area contributed by atoms with Gasteiger partial charge < -0.3 is 5.32 Å². The Morgan fingerprint density at radius 2 is 2.07 bits per heavy atom. The van der Waals surface area contributed by atoms with Crippen molar-refractivity contribution >= 4 is 40.6 Å². The topological polar surface area (TPSA) is 122 Å². The summed E-state index contributed by atoms with van der Waals surface area (Å²) in [5.74, 6) is -0.820. The van der Waals surface area contributed by atoms with Crippen LogP contribution in [0.25, 0.3) is 11.0 Å². The normalized spacial score (nSPS) is 18.9. The molecule has 2 N–H and O–H groups in total. The van der Waals surface area contributed by atoms with E-state index in [1.54, 1.807) is 17.9 Å². The molecular formula is C16H19N7O3S. The van der Waals surface area contributed by atoms with E-state index >= 15 is 0 Å². The smallest absolute Gasteiger partial charge is 0.322 e. The highest BCUT2D eigenvalue weighted by atomic mass is 32.2. The lowest BCUT2D eigenvalue weighted by Gasteiger charge is -2.30. The number of nitrogens with zero attached hydrogens (tertiary/aromatic N) is 5. The van der Waals surface area contributed by atoms with Crippen LogP contribution in [0.4, 0.5) is 4.79 Å². The molecule has 0 atom stereocenters. The molecule has 0 radical (unpaired) electrons. The number of aromatic nitrogens is 4. The van der Waals surface area contributed by atoms with E-state index in [-0.39, 0.29) is 11.7 Å². The predicted molar refractivity (Wildman–Crippen MR) is 96.4 cm³/mol. The number of hydrogen-bond acceptors (Lipinski definition) is 7. The zero-order valence-corrected chi connectivity index (χ0v) is 15.6. The number of amides is 4. The second-order valence-corrected chi connectivity index (χ2v) is 7.69. The van der Waals surface area contributed by atoms with E-state index in [0.29, 0.717) is 23.5 Å². The van der Waals surface area contributed by atoms with Crippen LogP contribution in [0.2, 0.25) is 0 Å². The van der Waals surface area contributed by atoms with Crippen LogP contribution >= 0.6 is 11.8 Å². The predicted octanol–water partition coefficient (Wildman–Crippen LogP) is 0.741. The molecule has 4 rings (SSSR count). The molecule has 1 aliphatic carbocycles. The van der Waals surface area contributed by atoms with Crippen molar-refractivity contribution in [2.24, 2.45) is 7.05 Å². The summed E-state index contributed by atoms with van der Waals surface area (Å²) in [5, 5.41) is 9.06. The van der Waals surface area contributed by atoms with Crippen molar-refractivity contribution in [2.75, 3.05) is 5.75 Å². The third-order valence-electron chi connectivity index (χ3n) is 4.94. The van der Waals surface area contributed by atoms with Crippen LogP contribution in [0.5, 0.6) is 0 Å². The third-order valence-corrected chi connectivity index (χ3v) is 5.94. The molecule has 0 bridgehead atoms. The Balaban J connectivity index is 1.40. The number of carbonyl (C=O) groups excluding carboxylic acids is 3. The molecule has 0 aromatic carbocycles. The fraction of sp³-hybridized carbons (Fsp3) is 0.500. The van der Waals surface area contributed by atoms with Crippen LogP contribution in [-0.4, -0.2) is 53.9 Å². The molecule has 1 aliphatic heterocycles. The van der Waals surface area contributed by atoms with Gasteiger partial charge in [-0.2, -0.15) is 10.1 Å². The molecule has 1 spiro atoms. The molecular weight excluding hydrogens is 370 g/mol. The van der Waals surface area contributed by atoms with Gasteiger partial charge in [0, 0.05) is 7.05 Å². The number of imide groups is 1. The average molecular weight is 389 g/mol. The number of nitrogens with one attached hydrogen (secondary N) is 2. The highest BCUT2D eigenvalue weighted by Gasteiger charge is 2.52. The van der Waals surface area contributed by atoms with Crippen LogP contribution in [-0.2, 0) is 16.6 Å². The van der Waals surface area contributed by atoms with Crippen molar-refractivity contribution < 1.29 is 14.4 Å². The van der Waals surface area contributed by atoms with E-state index in [4.69, 9.17) is 0 Å². The van der Waals surface area contributed by atoms with Crippen molar-refractivity contribution in [3.05, 3.63) is 12.5 Å². The van der Waals surface area contributed by atoms with Gasteiger partial charge in [0.25, 0.3) is 5.91 Å². The van der Waals surface area contributed by atoms with Gasteiger partial charge in [-0.25, -0.2) is 14.8 Å². The van der Waals surface area contributed by atoms with Crippen molar-refractivity contribution in [2.45, 2.75) is 42.7 Å². The first-order valence-corrected chi connectivity index (χ1v) is 9.70. The van der Waals surface area contributed by atoms with Gasteiger partial charge in [-0.15, -0.1) is 0 Å². The molecule has 2 aromatic heterocycles. The molecule has 2 aromatic rings. The maximum absolute atomic E-state index is 12.7. The molecule has 142 valence electrons. The number of carbonyl (C=O) groups is 3. The molecule has 10 nitrogen and oxygen atoms in total. The summed E-state index contributed by atoms with van der Waals surface area (Å²) in [6.07, 6.45) is 7.10.